The van der Waals surface area contributed by atoms with E-state index in [1.165, 1.54) is 0 Å². The van der Waals surface area contributed by atoms with Crippen molar-refractivity contribution in [2.45, 2.75) is 98.4 Å². The fourth-order valence-corrected chi connectivity index (χ4v) is 5.66. The SMILES string of the molecule is CC1(C)C[C@H]2C[C@](C)(CN2C(=O)COC(=O)c2cc(C(C)(C)C)cc(C(C)(C)C)c2)C1. The average Bonchev–Trinajstić information content (AvgIpc) is 2.86. The molecular formula is C27H41NO3. The number of likely N-dealkylation sites (tertiary alicyclic amines) is 1. The zero-order valence-electron chi connectivity index (χ0n) is 21.0. The van der Waals surface area contributed by atoms with Crippen LogP contribution in [0.2, 0.25) is 0 Å². The number of amides is 1. The first-order chi connectivity index (χ1) is 14.0. The van der Waals surface area contributed by atoms with Gasteiger partial charge in [-0.3, -0.25) is 4.79 Å². The van der Waals surface area contributed by atoms with Crippen LogP contribution in [0.3, 0.4) is 0 Å². The molecule has 1 aromatic carbocycles. The molecule has 1 saturated carbocycles. The second kappa shape index (κ2) is 7.64. The maximum absolute atomic E-state index is 13.0. The standard InChI is InChI=1S/C27H41NO3/c1-24(2,3)19-10-18(11-20(12-19)25(4,5)6)23(30)31-15-22(29)28-17-27(9)14-21(28)13-26(7,8)16-27/h10-12,21H,13-17H2,1-9H3/t21-,27-/m0/s1. The smallest absolute Gasteiger partial charge is 0.338 e. The lowest BCUT2D eigenvalue weighted by Crippen LogP contribution is -2.39. The maximum Gasteiger partial charge on any atom is 0.338 e. The van der Waals surface area contributed by atoms with Gasteiger partial charge in [-0.15, -0.1) is 0 Å². The lowest BCUT2D eigenvalue weighted by atomic mass is 9.65. The Morgan fingerprint density at radius 3 is 2.03 bits per heavy atom. The van der Waals surface area contributed by atoms with Gasteiger partial charge in [0, 0.05) is 12.6 Å². The lowest BCUT2D eigenvalue weighted by Gasteiger charge is -2.39. The summed E-state index contributed by atoms with van der Waals surface area (Å²) >= 11 is 0. The normalized spacial score (nSPS) is 25.5. The summed E-state index contributed by atoms with van der Waals surface area (Å²) in [7, 11) is 0. The van der Waals surface area contributed by atoms with Gasteiger partial charge in [0.25, 0.3) is 5.91 Å². The minimum atomic E-state index is -0.418. The highest BCUT2D eigenvalue weighted by Gasteiger charge is 2.50. The third-order valence-corrected chi connectivity index (χ3v) is 6.96. The van der Waals surface area contributed by atoms with E-state index in [-0.39, 0.29) is 40.2 Å². The van der Waals surface area contributed by atoms with E-state index in [9.17, 15) is 9.59 Å². The lowest BCUT2D eigenvalue weighted by molar-refractivity contribution is -0.135. The molecular weight excluding hydrogens is 386 g/mol. The summed E-state index contributed by atoms with van der Waals surface area (Å²) in [5, 5.41) is 0. The van der Waals surface area contributed by atoms with Gasteiger partial charge >= 0.3 is 5.97 Å². The van der Waals surface area contributed by atoms with E-state index in [0.717, 1.165) is 36.9 Å². The fraction of sp³-hybridized carbons (Fsp3) is 0.704. The minimum Gasteiger partial charge on any atom is -0.452 e. The largest absolute Gasteiger partial charge is 0.452 e. The number of carbonyl (C=O) groups is 2. The van der Waals surface area contributed by atoms with Crippen molar-refractivity contribution in [2.24, 2.45) is 10.8 Å². The van der Waals surface area contributed by atoms with Crippen molar-refractivity contribution >= 4 is 11.9 Å². The van der Waals surface area contributed by atoms with E-state index < -0.39 is 5.97 Å². The molecule has 0 spiro atoms. The summed E-state index contributed by atoms with van der Waals surface area (Å²) in [5.74, 6) is -0.485. The van der Waals surface area contributed by atoms with Crippen molar-refractivity contribution in [3.05, 3.63) is 34.9 Å². The Labute approximate surface area is 188 Å². The number of benzene rings is 1. The van der Waals surface area contributed by atoms with Crippen LogP contribution >= 0.6 is 0 Å². The zero-order valence-corrected chi connectivity index (χ0v) is 21.0. The Morgan fingerprint density at radius 2 is 1.52 bits per heavy atom. The summed E-state index contributed by atoms with van der Waals surface area (Å²) in [4.78, 5) is 27.9. The van der Waals surface area contributed by atoms with Gasteiger partial charge in [-0.2, -0.15) is 0 Å². The zero-order chi connectivity index (χ0) is 23.4. The molecule has 31 heavy (non-hydrogen) atoms. The van der Waals surface area contributed by atoms with Crippen LogP contribution in [-0.2, 0) is 20.4 Å². The molecule has 4 nitrogen and oxygen atoms in total. The number of hydrogen-bond acceptors (Lipinski definition) is 3. The molecule has 1 aliphatic heterocycles. The van der Waals surface area contributed by atoms with Crippen LogP contribution in [-0.4, -0.2) is 36.0 Å². The molecule has 2 fully saturated rings. The monoisotopic (exact) mass is 427 g/mol. The van der Waals surface area contributed by atoms with Crippen LogP contribution in [0, 0.1) is 10.8 Å². The number of rotatable bonds is 3. The van der Waals surface area contributed by atoms with E-state index >= 15 is 0 Å². The highest BCUT2D eigenvalue weighted by molar-refractivity contribution is 5.92. The molecule has 4 heteroatoms. The maximum atomic E-state index is 13.0. The molecule has 1 heterocycles. The molecule has 0 radical (unpaired) electrons. The highest BCUT2D eigenvalue weighted by atomic mass is 16.5. The van der Waals surface area contributed by atoms with E-state index in [1.54, 1.807) is 0 Å². The van der Waals surface area contributed by atoms with Crippen LogP contribution in [0.15, 0.2) is 18.2 Å². The Kier molecular flexibility index (Phi) is 5.87. The van der Waals surface area contributed by atoms with Crippen LogP contribution < -0.4 is 0 Å². The van der Waals surface area contributed by atoms with Gasteiger partial charge in [0.15, 0.2) is 6.61 Å². The minimum absolute atomic E-state index is 0.0669. The number of esters is 1. The topological polar surface area (TPSA) is 46.6 Å². The van der Waals surface area contributed by atoms with Gasteiger partial charge in [0.1, 0.15) is 0 Å². The Hall–Kier alpha value is -1.84. The Morgan fingerprint density at radius 1 is 0.968 bits per heavy atom. The molecule has 1 aliphatic carbocycles. The summed E-state index contributed by atoms with van der Waals surface area (Å²) in [5.41, 5.74) is 2.99. The number of hydrogen-bond donors (Lipinski definition) is 0. The average molecular weight is 428 g/mol. The van der Waals surface area contributed by atoms with Gasteiger partial charge in [0.05, 0.1) is 5.56 Å². The van der Waals surface area contributed by atoms with Crippen molar-refractivity contribution < 1.29 is 14.3 Å². The quantitative estimate of drug-likeness (QED) is 0.567. The second-order valence-corrected chi connectivity index (χ2v) is 13.1. The van der Waals surface area contributed by atoms with E-state index in [0.29, 0.717) is 5.56 Å². The van der Waals surface area contributed by atoms with Crippen LogP contribution in [0.5, 0.6) is 0 Å². The fourth-order valence-electron chi connectivity index (χ4n) is 5.66. The summed E-state index contributed by atoms with van der Waals surface area (Å²) < 4.78 is 5.54. The number of fused-ring (bicyclic) bond motifs is 2. The summed E-state index contributed by atoms with van der Waals surface area (Å²) in [6.07, 6.45) is 3.21. The van der Waals surface area contributed by atoms with Crippen molar-refractivity contribution in [3.8, 4) is 0 Å². The molecule has 172 valence electrons. The first-order valence-electron chi connectivity index (χ1n) is 11.6. The number of carbonyl (C=O) groups excluding carboxylic acids is 2. The molecule has 2 bridgehead atoms. The van der Waals surface area contributed by atoms with Gasteiger partial charge in [-0.25, -0.2) is 4.79 Å². The third kappa shape index (κ3) is 5.32. The summed E-state index contributed by atoms with van der Waals surface area (Å²) in [6, 6.07) is 6.26. The van der Waals surface area contributed by atoms with Gasteiger partial charge in [-0.05, 0) is 64.2 Å². The number of ether oxygens (including phenoxy) is 1. The van der Waals surface area contributed by atoms with Gasteiger partial charge < -0.3 is 9.64 Å². The van der Waals surface area contributed by atoms with Crippen molar-refractivity contribution in [2.75, 3.05) is 13.2 Å². The first-order valence-corrected chi connectivity index (χ1v) is 11.6. The highest BCUT2D eigenvalue weighted by Crippen LogP contribution is 2.52. The molecule has 0 unspecified atom stereocenters. The van der Waals surface area contributed by atoms with E-state index in [2.05, 4.69) is 68.4 Å². The van der Waals surface area contributed by atoms with Crippen LogP contribution in [0.25, 0.3) is 0 Å². The summed E-state index contributed by atoms with van der Waals surface area (Å²) in [6.45, 7) is 20.3. The molecule has 1 amide bonds. The van der Waals surface area contributed by atoms with Crippen molar-refractivity contribution in [1.82, 2.24) is 4.90 Å². The van der Waals surface area contributed by atoms with E-state index in [4.69, 9.17) is 4.74 Å². The van der Waals surface area contributed by atoms with Crippen LogP contribution in [0.1, 0.15) is 103 Å². The predicted molar refractivity (Wildman–Crippen MR) is 125 cm³/mol. The molecule has 2 atom stereocenters. The van der Waals surface area contributed by atoms with Crippen molar-refractivity contribution in [1.29, 1.82) is 0 Å². The van der Waals surface area contributed by atoms with Crippen LogP contribution in [0.4, 0.5) is 0 Å². The molecule has 1 saturated heterocycles. The van der Waals surface area contributed by atoms with Gasteiger partial charge in [-0.1, -0.05) is 68.4 Å². The predicted octanol–water partition coefficient (Wildman–Crippen LogP) is 5.87. The van der Waals surface area contributed by atoms with Gasteiger partial charge in [0.2, 0.25) is 0 Å². The van der Waals surface area contributed by atoms with E-state index in [1.807, 2.05) is 17.0 Å². The Balaban J connectivity index is 1.73. The molecule has 0 N–H and O–H groups in total. The number of nitrogens with zero attached hydrogens (tertiary/aromatic N) is 1. The van der Waals surface area contributed by atoms with Crippen molar-refractivity contribution in [3.63, 3.8) is 0 Å². The second-order valence-electron chi connectivity index (χ2n) is 13.1. The third-order valence-electron chi connectivity index (χ3n) is 6.96. The molecule has 1 aromatic rings. The first kappa shape index (κ1) is 23.8. The Bertz CT molecular complexity index is 839. The molecule has 0 aromatic heterocycles. The molecule has 3 rings (SSSR count). The molecule has 2 aliphatic rings.